The molecule has 0 aromatic heterocycles. The minimum Gasteiger partial charge on any atom is -0.277 e. The second-order valence-corrected chi connectivity index (χ2v) is 2.50. The van der Waals surface area contributed by atoms with E-state index in [9.17, 15) is 0 Å². The van der Waals surface area contributed by atoms with Crippen molar-refractivity contribution in [1.82, 2.24) is 0 Å². The fraction of sp³-hybridized carbons (Fsp3) is 0.750. The summed E-state index contributed by atoms with van der Waals surface area (Å²) < 4.78 is 0. The minimum absolute atomic E-state index is 0.544. The molecule has 58 valence electrons. The van der Waals surface area contributed by atoms with E-state index in [1.165, 1.54) is 5.71 Å². The highest BCUT2D eigenvalue weighted by molar-refractivity contribution is 5.91. The van der Waals surface area contributed by atoms with E-state index in [0.717, 1.165) is 6.42 Å². The number of aliphatic imine (C=N–C) groups is 2. The average Bonchev–Trinajstić information content (AvgIpc) is 1.89. The summed E-state index contributed by atoms with van der Waals surface area (Å²) in [5, 5.41) is 0. The molecule has 2 nitrogen and oxygen atoms in total. The number of rotatable bonds is 3. The second-order valence-electron chi connectivity index (χ2n) is 2.50. The van der Waals surface area contributed by atoms with Crippen molar-refractivity contribution in [2.24, 2.45) is 15.9 Å². The highest BCUT2D eigenvalue weighted by Crippen LogP contribution is 1.99. The summed E-state index contributed by atoms with van der Waals surface area (Å²) in [4.78, 5) is 7.98. The first-order chi connectivity index (χ1) is 4.72. The fourth-order valence-corrected chi connectivity index (χ4v) is 0.780. The Hall–Kier alpha value is -0.660. The molecule has 0 aliphatic heterocycles. The highest BCUT2D eigenvalue weighted by atomic mass is 14.8. The molecule has 0 saturated heterocycles. The van der Waals surface area contributed by atoms with Crippen LogP contribution in [0.4, 0.5) is 0 Å². The molecule has 2 heteroatoms. The van der Waals surface area contributed by atoms with E-state index >= 15 is 0 Å². The quantitative estimate of drug-likeness (QED) is 0.424. The SMILES string of the molecule is CCC(=NC=NC)C(C)C. The van der Waals surface area contributed by atoms with Crippen LogP contribution in [0, 0.1) is 5.92 Å². The van der Waals surface area contributed by atoms with Crippen LogP contribution in [-0.2, 0) is 0 Å². The van der Waals surface area contributed by atoms with Gasteiger partial charge in [-0.15, -0.1) is 0 Å². The van der Waals surface area contributed by atoms with Gasteiger partial charge in [0, 0.05) is 12.8 Å². The fourth-order valence-electron chi connectivity index (χ4n) is 0.780. The summed E-state index contributed by atoms with van der Waals surface area (Å²) in [5.41, 5.74) is 1.21. The van der Waals surface area contributed by atoms with Crippen molar-refractivity contribution >= 4 is 12.1 Å². The van der Waals surface area contributed by atoms with Crippen molar-refractivity contribution in [2.75, 3.05) is 7.05 Å². The van der Waals surface area contributed by atoms with Gasteiger partial charge in [0.2, 0.25) is 0 Å². The third-order valence-corrected chi connectivity index (χ3v) is 1.37. The molecular weight excluding hydrogens is 124 g/mol. The topological polar surface area (TPSA) is 24.7 Å². The Kier molecular flexibility index (Phi) is 4.81. The molecular formula is C8H16N2. The van der Waals surface area contributed by atoms with Crippen LogP contribution in [-0.4, -0.2) is 19.1 Å². The van der Waals surface area contributed by atoms with Crippen LogP contribution >= 0.6 is 0 Å². The van der Waals surface area contributed by atoms with E-state index in [1.807, 2.05) is 0 Å². The second kappa shape index (κ2) is 5.15. The third kappa shape index (κ3) is 3.38. The molecule has 0 saturated carbocycles. The number of hydrogen-bond donors (Lipinski definition) is 0. The van der Waals surface area contributed by atoms with Crippen molar-refractivity contribution in [3.63, 3.8) is 0 Å². The molecule has 0 spiro atoms. The van der Waals surface area contributed by atoms with E-state index in [-0.39, 0.29) is 0 Å². The Morgan fingerprint density at radius 1 is 1.50 bits per heavy atom. The van der Waals surface area contributed by atoms with Crippen LogP contribution in [0.15, 0.2) is 9.98 Å². The van der Waals surface area contributed by atoms with Crippen molar-refractivity contribution in [3.8, 4) is 0 Å². The molecule has 0 aromatic carbocycles. The van der Waals surface area contributed by atoms with Crippen molar-refractivity contribution in [3.05, 3.63) is 0 Å². The van der Waals surface area contributed by atoms with Gasteiger partial charge in [-0.3, -0.25) is 4.99 Å². The Morgan fingerprint density at radius 3 is 2.40 bits per heavy atom. The van der Waals surface area contributed by atoms with Gasteiger partial charge in [0.05, 0.1) is 0 Å². The first kappa shape index (κ1) is 9.34. The lowest BCUT2D eigenvalue weighted by Crippen LogP contribution is -2.05. The largest absolute Gasteiger partial charge is 0.277 e. The van der Waals surface area contributed by atoms with Gasteiger partial charge in [0.15, 0.2) is 0 Å². The molecule has 0 fully saturated rings. The molecule has 0 aliphatic carbocycles. The van der Waals surface area contributed by atoms with E-state index < -0.39 is 0 Å². The van der Waals surface area contributed by atoms with E-state index in [1.54, 1.807) is 13.4 Å². The maximum atomic E-state index is 4.19. The molecule has 0 rings (SSSR count). The molecule has 0 unspecified atom stereocenters. The Morgan fingerprint density at radius 2 is 2.10 bits per heavy atom. The minimum atomic E-state index is 0.544. The number of nitrogens with zero attached hydrogens (tertiary/aromatic N) is 2. The van der Waals surface area contributed by atoms with Crippen LogP contribution in [0.5, 0.6) is 0 Å². The van der Waals surface area contributed by atoms with E-state index in [0.29, 0.717) is 5.92 Å². The summed E-state index contributed by atoms with van der Waals surface area (Å²) >= 11 is 0. The van der Waals surface area contributed by atoms with Crippen LogP contribution in [0.25, 0.3) is 0 Å². The molecule has 0 N–H and O–H groups in total. The van der Waals surface area contributed by atoms with Gasteiger partial charge in [0.25, 0.3) is 0 Å². The third-order valence-electron chi connectivity index (χ3n) is 1.37. The van der Waals surface area contributed by atoms with Gasteiger partial charge in [-0.25, -0.2) is 4.99 Å². The molecule has 0 heterocycles. The van der Waals surface area contributed by atoms with Crippen molar-refractivity contribution in [1.29, 1.82) is 0 Å². The first-order valence-electron chi connectivity index (χ1n) is 3.69. The molecule has 0 amide bonds. The van der Waals surface area contributed by atoms with Crippen molar-refractivity contribution in [2.45, 2.75) is 27.2 Å². The van der Waals surface area contributed by atoms with E-state index in [4.69, 9.17) is 0 Å². The number of hydrogen-bond acceptors (Lipinski definition) is 1. The predicted octanol–water partition coefficient (Wildman–Crippen LogP) is 2.15. The molecule has 0 radical (unpaired) electrons. The standard InChI is InChI=1S/C8H16N2/c1-5-8(7(2)3)10-6-9-4/h6-7H,5H2,1-4H3. The predicted molar refractivity (Wildman–Crippen MR) is 47.0 cm³/mol. The molecule has 0 atom stereocenters. The highest BCUT2D eigenvalue weighted by Gasteiger charge is 1.99. The van der Waals surface area contributed by atoms with Gasteiger partial charge in [0.1, 0.15) is 6.34 Å². The summed E-state index contributed by atoms with van der Waals surface area (Å²) in [6.07, 6.45) is 2.63. The van der Waals surface area contributed by atoms with Crippen LogP contribution in [0.2, 0.25) is 0 Å². The zero-order valence-electron chi connectivity index (χ0n) is 7.26. The molecule has 0 aromatic rings. The Bertz CT molecular complexity index is 134. The van der Waals surface area contributed by atoms with Gasteiger partial charge in [-0.1, -0.05) is 20.8 Å². The Labute approximate surface area is 63.1 Å². The van der Waals surface area contributed by atoms with Crippen LogP contribution < -0.4 is 0 Å². The van der Waals surface area contributed by atoms with E-state index in [2.05, 4.69) is 30.8 Å². The molecule has 0 bridgehead atoms. The zero-order valence-corrected chi connectivity index (χ0v) is 7.26. The normalized spacial score (nSPS) is 13.5. The van der Waals surface area contributed by atoms with Gasteiger partial charge in [-0.05, 0) is 12.3 Å². The zero-order chi connectivity index (χ0) is 7.98. The lowest BCUT2D eigenvalue weighted by Gasteiger charge is -2.03. The van der Waals surface area contributed by atoms with Gasteiger partial charge in [-0.2, -0.15) is 0 Å². The Balaban J connectivity index is 4.04. The molecule has 0 aliphatic rings. The maximum Gasteiger partial charge on any atom is 0.109 e. The van der Waals surface area contributed by atoms with Crippen LogP contribution in [0.1, 0.15) is 27.2 Å². The smallest absolute Gasteiger partial charge is 0.109 e. The van der Waals surface area contributed by atoms with Gasteiger partial charge >= 0.3 is 0 Å². The van der Waals surface area contributed by atoms with Crippen LogP contribution in [0.3, 0.4) is 0 Å². The summed E-state index contributed by atoms with van der Waals surface area (Å²) in [7, 11) is 1.73. The first-order valence-corrected chi connectivity index (χ1v) is 3.69. The van der Waals surface area contributed by atoms with Crippen molar-refractivity contribution < 1.29 is 0 Å². The maximum absolute atomic E-state index is 4.19. The lowest BCUT2D eigenvalue weighted by atomic mass is 10.1. The average molecular weight is 140 g/mol. The molecule has 10 heavy (non-hydrogen) atoms. The summed E-state index contributed by atoms with van der Waals surface area (Å²) in [6, 6.07) is 0. The van der Waals surface area contributed by atoms with Gasteiger partial charge < -0.3 is 0 Å². The summed E-state index contributed by atoms with van der Waals surface area (Å²) in [5.74, 6) is 0.544. The summed E-state index contributed by atoms with van der Waals surface area (Å²) in [6.45, 7) is 6.40. The monoisotopic (exact) mass is 140 g/mol. The lowest BCUT2D eigenvalue weighted by molar-refractivity contribution is 0.860.